The SMILES string of the molecule is Cc1coc(C2CC3CSC(NC(=O)c4ccccc4)=NC3(c3ccc(F)cc3F)CO2)n1. The molecule has 0 radical (unpaired) electrons. The second-order valence-corrected chi connectivity index (χ2v) is 9.16. The molecule has 1 aromatic heterocycles. The van der Waals surface area contributed by atoms with Gasteiger partial charge in [0.2, 0.25) is 5.89 Å². The number of hydrogen-bond acceptors (Lipinski definition) is 6. The van der Waals surface area contributed by atoms with Crippen LogP contribution in [-0.2, 0) is 10.3 Å². The van der Waals surface area contributed by atoms with Crippen molar-refractivity contribution in [2.75, 3.05) is 12.4 Å². The number of carbonyl (C=O) groups is 1. The first-order valence-electron chi connectivity index (χ1n) is 10.5. The van der Waals surface area contributed by atoms with Crippen LogP contribution in [0.2, 0.25) is 0 Å². The minimum absolute atomic E-state index is 0.0393. The van der Waals surface area contributed by atoms with Gasteiger partial charge >= 0.3 is 0 Å². The average molecular weight is 470 g/mol. The quantitative estimate of drug-likeness (QED) is 0.598. The number of benzene rings is 2. The first-order chi connectivity index (χ1) is 15.9. The number of rotatable bonds is 3. The van der Waals surface area contributed by atoms with Crippen LogP contribution in [0.5, 0.6) is 0 Å². The lowest BCUT2D eigenvalue weighted by atomic mass is 9.75. The highest BCUT2D eigenvalue weighted by atomic mass is 32.2. The molecule has 3 atom stereocenters. The largest absolute Gasteiger partial charge is 0.446 e. The van der Waals surface area contributed by atoms with Gasteiger partial charge in [0.15, 0.2) is 5.17 Å². The van der Waals surface area contributed by atoms with Gasteiger partial charge in [-0.3, -0.25) is 4.79 Å². The molecule has 1 N–H and O–H groups in total. The summed E-state index contributed by atoms with van der Waals surface area (Å²) in [5, 5.41) is 3.20. The van der Waals surface area contributed by atoms with Gasteiger partial charge < -0.3 is 14.5 Å². The maximum absolute atomic E-state index is 15.0. The van der Waals surface area contributed by atoms with Crippen molar-refractivity contribution in [3.63, 3.8) is 0 Å². The summed E-state index contributed by atoms with van der Waals surface area (Å²) in [6.07, 6.45) is 1.66. The van der Waals surface area contributed by atoms with E-state index in [1.807, 2.05) is 13.0 Å². The molecule has 3 heterocycles. The summed E-state index contributed by atoms with van der Waals surface area (Å²) >= 11 is 1.39. The van der Waals surface area contributed by atoms with E-state index in [4.69, 9.17) is 14.1 Å². The highest BCUT2D eigenvalue weighted by molar-refractivity contribution is 8.13. The lowest BCUT2D eigenvalue weighted by molar-refractivity contribution is -0.0698. The summed E-state index contributed by atoms with van der Waals surface area (Å²) in [4.78, 5) is 21.9. The van der Waals surface area contributed by atoms with Crippen LogP contribution < -0.4 is 5.32 Å². The molecule has 1 saturated heterocycles. The molecule has 2 aliphatic heterocycles. The molecule has 3 aromatic rings. The van der Waals surface area contributed by atoms with Gasteiger partial charge in [-0.1, -0.05) is 36.0 Å². The molecule has 3 unspecified atom stereocenters. The molecule has 1 amide bonds. The van der Waals surface area contributed by atoms with Gasteiger partial charge in [0.25, 0.3) is 5.91 Å². The Morgan fingerprint density at radius 2 is 2.03 bits per heavy atom. The molecule has 2 aromatic carbocycles. The molecule has 6 nitrogen and oxygen atoms in total. The third-order valence-corrected chi connectivity index (χ3v) is 7.00. The molecule has 0 saturated carbocycles. The van der Waals surface area contributed by atoms with E-state index in [0.29, 0.717) is 28.8 Å². The zero-order chi connectivity index (χ0) is 23.0. The molecule has 0 spiro atoms. The summed E-state index contributed by atoms with van der Waals surface area (Å²) in [5.41, 5.74) is 0.365. The van der Waals surface area contributed by atoms with Crippen LogP contribution in [0.3, 0.4) is 0 Å². The Bertz CT molecular complexity index is 1220. The molecule has 33 heavy (non-hydrogen) atoms. The zero-order valence-corrected chi connectivity index (χ0v) is 18.6. The summed E-state index contributed by atoms with van der Waals surface area (Å²) in [6, 6.07) is 12.3. The fourth-order valence-corrected chi connectivity index (χ4v) is 5.47. The lowest BCUT2D eigenvalue weighted by Gasteiger charge is -2.46. The standard InChI is InChI=1S/C24H21F2N3O3S/c1-14-11-31-22(27-14)20-9-16-12-33-23(28-21(30)15-5-3-2-4-6-15)29-24(16,13-32-20)18-8-7-17(25)10-19(18)26/h2-8,10-11,16,20H,9,12-13H2,1H3,(H,28,29,30). The number of hydrogen-bond donors (Lipinski definition) is 1. The molecule has 5 rings (SSSR count). The summed E-state index contributed by atoms with van der Waals surface area (Å²) in [5.74, 6) is -0.785. The molecular weight excluding hydrogens is 448 g/mol. The number of amidine groups is 1. The van der Waals surface area contributed by atoms with Crippen molar-refractivity contribution in [3.8, 4) is 0 Å². The molecule has 9 heteroatoms. The predicted molar refractivity (Wildman–Crippen MR) is 120 cm³/mol. The van der Waals surface area contributed by atoms with Crippen LogP contribution >= 0.6 is 11.8 Å². The molecule has 0 bridgehead atoms. The molecule has 1 fully saturated rings. The zero-order valence-electron chi connectivity index (χ0n) is 17.8. The van der Waals surface area contributed by atoms with E-state index in [9.17, 15) is 13.6 Å². The van der Waals surface area contributed by atoms with Crippen molar-refractivity contribution >= 4 is 22.8 Å². The van der Waals surface area contributed by atoms with E-state index in [-0.39, 0.29) is 24.0 Å². The minimum atomic E-state index is -1.11. The highest BCUT2D eigenvalue weighted by Crippen LogP contribution is 2.49. The number of aliphatic imine (C=N–C) groups is 1. The highest BCUT2D eigenvalue weighted by Gasteiger charge is 2.50. The Morgan fingerprint density at radius 3 is 2.76 bits per heavy atom. The Kier molecular flexibility index (Phi) is 5.76. The van der Waals surface area contributed by atoms with Crippen molar-refractivity contribution < 1.29 is 22.7 Å². The van der Waals surface area contributed by atoms with Gasteiger partial charge in [0, 0.05) is 28.9 Å². The lowest BCUT2D eigenvalue weighted by Crippen LogP contribution is -2.49. The Balaban J connectivity index is 1.50. The molecular formula is C24H21F2N3O3S. The van der Waals surface area contributed by atoms with Crippen molar-refractivity contribution in [1.82, 2.24) is 10.3 Å². The van der Waals surface area contributed by atoms with Gasteiger partial charge in [0.05, 0.1) is 12.3 Å². The maximum Gasteiger partial charge on any atom is 0.257 e. The van der Waals surface area contributed by atoms with E-state index < -0.39 is 23.3 Å². The number of oxazole rings is 1. The average Bonchev–Trinajstić information content (AvgIpc) is 3.25. The second kappa shape index (κ2) is 8.72. The monoisotopic (exact) mass is 469 g/mol. The maximum atomic E-state index is 15.0. The molecule has 170 valence electrons. The number of halogens is 2. The number of nitrogens with zero attached hydrogens (tertiary/aromatic N) is 2. The number of carbonyl (C=O) groups excluding carboxylic acids is 1. The van der Waals surface area contributed by atoms with E-state index in [2.05, 4.69) is 10.3 Å². The smallest absolute Gasteiger partial charge is 0.257 e. The van der Waals surface area contributed by atoms with Crippen LogP contribution in [0, 0.1) is 24.5 Å². The predicted octanol–water partition coefficient (Wildman–Crippen LogP) is 4.77. The first-order valence-corrected chi connectivity index (χ1v) is 11.5. The number of fused-ring (bicyclic) bond motifs is 1. The summed E-state index contributed by atoms with van der Waals surface area (Å²) < 4.78 is 40.3. The van der Waals surface area contributed by atoms with Crippen LogP contribution in [0.15, 0.2) is 64.2 Å². The summed E-state index contributed by atoms with van der Waals surface area (Å²) in [6.45, 7) is 1.87. The Hall–Kier alpha value is -3.04. The van der Waals surface area contributed by atoms with Crippen molar-refractivity contribution in [3.05, 3.63) is 89.1 Å². The molecule has 2 aliphatic rings. The Morgan fingerprint density at radius 1 is 1.21 bits per heavy atom. The number of aromatic nitrogens is 1. The van der Waals surface area contributed by atoms with Crippen LogP contribution in [0.4, 0.5) is 8.78 Å². The number of thioether (sulfide) groups is 1. The first kappa shape index (κ1) is 21.8. The second-order valence-electron chi connectivity index (χ2n) is 8.16. The van der Waals surface area contributed by atoms with Crippen molar-refractivity contribution in [2.45, 2.75) is 25.0 Å². The fourth-order valence-electron chi connectivity index (χ4n) is 4.30. The fraction of sp³-hybridized carbons (Fsp3) is 0.292. The van der Waals surface area contributed by atoms with Gasteiger partial charge in [-0.15, -0.1) is 0 Å². The summed E-state index contributed by atoms with van der Waals surface area (Å²) in [7, 11) is 0. The minimum Gasteiger partial charge on any atom is -0.446 e. The Labute approximate surface area is 193 Å². The van der Waals surface area contributed by atoms with Crippen molar-refractivity contribution in [1.29, 1.82) is 0 Å². The third-order valence-electron chi connectivity index (χ3n) is 5.97. The van der Waals surface area contributed by atoms with Gasteiger partial charge in [0.1, 0.15) is 29.5 Å². The van der Waals surface area contributed by atoms with Crippen LogP contribution in [0.1, 0.15) is 40.0 Å². The van der Waals surface area contributed by atoms with Gasteiger partial charge in [-0.25, -0.2) is 18.8 Å². The number of amides is 1. The van der Waals surface area contributed by atoms with E-state index >= 15 is 0 Å². The van der Waals surface area contributed by atoms with E-state index in [1.165, 1.54) is 23.9 Å². The van der Waals surface area contributed by atoms with Crippen LogP contribution in [-0.4, -0.2) is 28.4 Å². The number of nitrogens with one attached hydrogen (secondary N) is 1. The third kappa shape index (κ3) is 4.18. The number of ether oxygens (including phenoxy) is 1. The van der Waals surface area contributed by atoms with E-state index in [1.54, 1.807) is 30.5 Å². The topological polar surface area (TPSA) is 76.7 Å². The normalized spacial score (nSPS) is 24.6. The van der Waals surface area contributed by atoms with Gasteiger partial charge in [-0.2, -0.15) is 0 Å². The van der Waals surface area contributed by atoms with E-state index in [0.717, 1.165) is 11.8 Å². The van der Waals surface area contributed by atoms with Gasteiger partial charge in [-0.05, 0) is 31.5 Å². The van der Waals surface area contributed by atoms with Crippen LogP contribution in [0.25, 0.3) is 0 Å². The van der Waals surface area contributed by atoms with Crippen molar-refractivity contribution in [2.24, 2.45) is 10.9 Å². The molecule has 0 aliphatic carbocycles. The number of aryl methyl sites for hydroxylation is 1.